The predicted molar refractivity (Wildman–Crippen MR) is 92.2 cm³/mol. The van der Waals surface area contributed by atoms with Gasteiger partial charge in [0.25, 0.3) is 0 Å². The van der Waals surface area contributed by atoms with E-state index >= 15 is 0 Å². The molecule has 0 aliphatic heterocycles. The number of aliphatic imine (C=N–C) groups is 1. The summed E-state index contributed by atoms with van der Waals surface area (Å²) in [5.41, 5.74) is 1.34. The highest BCUT2D eigenvalue weighted by Crippen LogP contribution is 2.16. The molecule has 4 nitrogen and oxygen atoms in total. The summed E-state index contributed by atoms with van der Waals surface area (Å²) in [6.07, 6.45) is -4.22. The van der Waals surface area contributed by atoms with Gasteiger partial charge in [0.15, 0.2) is 5.96 Å². The summed E-state index contributed by atoms with van der Waals surface area (Å²) in [6.45, 7) is 5.50. The zero-order valence-corrected chi connectivity index (χ0v) is 15.0. The zero-order valence-electron chi connectivity index (χ0n) is 15.0. The highest BCUT2D eigenvalue weighted by Gasteiger charge is 2.28. The molecule has 0 aromatic heterocycles. The lowest BCUT2D eigenvalue weighted by Gasteiger charge is -2.20. The summed E-state index contributed by atoms with van der Waals surface area (Å²) in [4.78, 5) is 5.45. The van der Waals surface area contributed by atoms with Crippen LogP contribution in [0.1, 0.15) is 31.0 Å². The van der Waals surface area contributed by atoms with E-state index < -0.39 is 12.7 Å². The van der Waals surface area contributed by atoms with Crippen molar-refractivity contribution in [3.8, 4) is 0 Å². The summed E-state index contributed by atoms with van der Waals surface area (Å²) < 4.78 is 50.6. The normalized spacial score (nSPS) is 13.9. The second kappa shape index (κ2) is 9.60. The highest BCUT2D eigenvalue weighted by molar-refractivity contribution is 5.80. The van der Waals surface area contributed by atoms with Crippen molar-refractivity contribution in [1.29, 1.82) is 0 Å². The van der Waals surface area contributed by atoms with Crippen LogP contribution in [0.15, 0.2) is 23.2 Å². The fourth-order valence-electron chi connectivity index (χ4n) is 2.20. The van der Waals surface area contributed by atoms with E-state index in [1.807, 2.05) is 19.9 Å². The van der Waals surface area contributed by atoms with Crippen LogP contribution in [0.4, 0.5) is 17.6 Å². The molecule has 0 heterocycles. The SMILES string of the molecule is CCNC(=NCCN(C)CC(F)(F)F)NC(C)c1ccc(C)c(F)c1. The van der Waals surface area contributed by atoms with E-state index in [-0.39, 0.29) is 24.9 Å². The molecule has 0 saturated carbocycles. The van der Waals surface area contributed by atoms with Crippen molar-refractivity contribution in [2.75, 3.05) is 33.2 Å². The molecular weight excluding hydrogens is 336 g/mol. The van der Waals surface area contributed by atoms with Crippen molar-refractivity contribution >= 4 is 5.96 Å². The van der Waals surface area contributed by atoms with Gasteiger partial charge < -0.3 is 10.6 Å². The van der Waals surface area contributed by atoms with Gasteiger partial charge in [-0.15, -0.1) is 0 Å². The first-order valence-corrected chi connectivity index (χ1v) is 8.18. The predicted octanol–water partition coefficient (Wildman–Crippen LogP) is 3.24. The van der Waals surface area contributed by atoms with E-state index in [4.69, 9.17) is 0 Å². The molecule has 0 aliphatic rings. The molecule has 0 saturated heterocycles. The van der Waals surface area contributed by atoms with Crippen LogP contribution in [0.5, 0.6) is 0 Å². The smallest absolute Gasteiger partial charge is 0.357 e. The molecule has 1 rings (SSSR count). The summed E-state index contributed by atoms with van der Waals surface area (Å²) in [5, 5.41) is 6.17. The van der Waals surface area contributed by atoms with Gasteiger partial charge in [0, 0.05) is 13.1 Å². The number of likely N-dealkylation sites (N-methyl/N-ethyl adjacent to an activating group) is 1. The number of hydrogen-bond donors (Lipinski definition) is 2. The Bertz CT molecular complexity index is 572. The number of nitrogens with zero attached hydrogens (tertiary/aromatic N) is 2. The Labute approximate surface area is 146 Å². The molecule has 0 spiro atoms. The van der Waals surface area contributed by atoms with Crippen LogP contribution in [0, 0.1) is 12.7 Å². The first-order valence-electron chi connectivity index (χ1n) is 8.18. The number of aryl methyl sites for hydroxylation is 1. The lowest BCUT2D eigenvalue weighted by molar-refractivity contribution is -0.142. The minimum atomic E-state index is -4.22. The van der Waals surface area contributed by atoms with Gasteiger partial charge in [-0.3, -0.25) is 9.89 Å². The Morgan fingerprint density at radius 3 is 2.56 bits per heavy atom. The summed E-state index contributed by atoms with van der Waals surface area (Å²) in [7, 11) is 1.40. The summed E-state index contributed by atoms with van der Waals surface area (Å²) in [6, 6.07) is 4.81. The lowest BCUT2D eigenvalue weighted by atomic mass is 10.1. The second-order valence-electron chi connectivity index (χ2n) is 5.99. The molecule has 142 valence electrons. The Morgan fingerprint density at radius 1 is 1.32 bits per heavy atom. The van der Waals surface area contributed by atoms with Crippen LogP contribution in [0.2, 0.25) is 0 Å². The molecule has 8 heteroatoms. The number of alkyl halides is 3. The standard InChI is InChI=1S/C17H26F4N4/c1-5-22-16(23-8-9-25(4)11-17(19,20)21)24-13(3)14-7-6-12(2)15(18)10-14/h6-7,10,13H,5,8-9,11H2,1-4H3,(H2,22,23,24). The first kappa shape index (κ1) is 21.2. The zero-order chi connectivity index (χ0) is 19.0. The van der Waals surface area contributed by atoms with E-state index in [0.717, 1.165) is 5.56 Å². The van der Waals surface area contributed by atoms with Crippen molar-refractivity contribution in [2.24, 2.45) is 4.99 Å². The summed E-state index contributed by atoms with van der Waals surface area (Å²) >= 11 is 0. The van der Waals surface area contributed by atoms with Crippen LogP contribution >= 0.6 is 0 Å². The van der Waals surface area contributed by atoms with E-state index in [0.29, 0.717) is 18.1 Å². The Morgan fingerprint density at radius 2 is 2.00 bits per heavy atom. The van der Waals surface area contributed by atoms with Gasteiger partial charge >= 0.3 is 6.18 Å². The molecule has 0 bridgehead atoms. The largest absolute Gasteiger partial charge is 0.401 e. The molecule has 0 aliphatic carbocycles. The number of rotatable bonds is 7. The van der Waals surface area contributed by atoms with Gasteiger partial charge in [0.1, 0.15) is 5.82 Å². The second-order valence-corrected chi connectivity index (χ2v) is 5.99. The number of benzene rings is 1. The lowest BCUT2D eigenvalue weighted by Crippen LogP contribution is -2.39. The van der Waals surface area contributed by atoms with Crippen molar-refractivity contribution in [2.45, 2.75) is 33.0 Å². The molecule has 2 N–H and O–H groups in total. The molecule has 0 radical (unpaired) electrons. The third-order valence-electron chi connectivity index (χ3n) is 3.59. The van der Waals surface area contributed by atoms with Crippen LogP contribution in [0.25, 0.3) is 0 Å². The Balaban J connectivity index is 2.64. The van der Waals surface area contributed by atoms with Gasteiger partial charge in [-0.1, -0.05) is 12.1 Å². The molecule has 1 atom stereocenters. The van der Waals surface area contributed by atoms with Crippen molar-refractivity contribution < 1.29 is 17.6 Å². The number of hydrogen-bond acceptors (Lipinski definition) is 2. The number of halogens is 4. The van der Waals surface area contributed by atoms with E-state index in [1.165, 1.54) is 18.0 Å². The van der Waals surface area contributed by atoms with Crippen molar-refractivity contribution in [3.05, 3.63) is 35.1 Å². The van der Waals surface area contributed by atoms with Crippen molar-refractivity contribution in [1.82, 2.24) is 15.5 Å². The van der Waals surface area contributed by atoms with Crippen LogP contribution in [-0.4, -0.2) is 50.3 Å². The molecule has 1 aromatic carbocycles. The van der Waals surface area contributed by atoms with Crippen LogP contribution in [0.3, 0.4) is 0 Å². The molecule has 1 unspecified atom stereocenters. The van der Waals surface area contributed by atoms with Gasteiger partial charge in [0.2, 0.25) is 0 Å². The monoisotopic (exact) mass is 362 g/mol. The maximum Gasteiger partial charge on any atom is 0.401 e. The third-order valence-corrected chi connectivity index (χ3v) is 3.59. The maximum atomic E-state index is 13.7. The fraction of sp³-hybridized carbons (Fsp3) is 0.588. The van der Waals surface area contributed by atoms with Crippen molar-refractivity contribution in [3.63, 3.8) is 0 Å². The van der Waals surface area contributed by atoms with E-state index in [9.17, 15) is 17.6 Å². The molecule has 1 aromatic rings. The molecule has 0 amide bonds. The summed E-state index contributed by atoms with van der Waals surface area (Å²) in [5.74, 6) is 0.207. The topological polar surface area (TPSA) is 39.7 Å². The maximum absolute atomic E-state index is 13.7. The average molecular weight is 362 g/mol. The van der Waals surface area contributed by atoms with Gasteiger partial charge in [0.05, 0.1) is 19.1 Å². The van der Waals surface area contributed by atoms with Crippen LogP contribution in [-0.2, 0) is 0 Å². The molecule has 0 fully saturated rings. The number of guanidine groups is 1. The van der Waals surface area contributed by atoms with E-state index in [1.54, 1.807) is 13.0 Å². The van der Waals surface area contributed by atoms with Gasteiger partial charge in [-0.05, 0) is 45.0 Å². The third kappa shape index (κ3) is 8.20. The van der Waals surface area contributed by atoms with Gasteiger partial charge in [-0.25, -0.2) is 4.39 Å². The Kier molecular flexibility index (Phi) is 8.15. The fourth-order valence-corrected chi connectivity index (χ4v) is 2.20. The first-order chi connectivity index (χ1) is 11.6. The Hall–Kier alpha value is -1.83. The van der Waals surface area contributed by atoms with E-state index in [2.05, 4.69) is 15.6 Å². The quantitative estimate of drug-likeness (QED) is 0.444. The average Bonchev–Trinajstić information content (AvgIpc) is 2.48. The number of nitrogens with one attached hydrogen (secondary N) is 2. The van der Waals surface area contributed by atoms with Crippen LogP contribution < -0.4 is 10.6 Å². The minimum Gasteiger partial charge on any atom is -0.357 e. The minimum absolute atomic E-state index is 0.184. The molecule has 25 heavy (non-hydrogen) atoms. The molecular formula is C17H26F4N4. The van der Waals surface area contributed by atoms with Gasteiger partial charge in [-0.2, -0.15) is 13.2 Å². The highest BCUT2D eigenvalue weighted by atomic mass is 19.4.